The summed E-state index contributed by atoms with van der Waals surface area (Å²) in [5.41, 5.74) is 1.64. The van der Waals surface area contributed by atoms with Crippen molar-refractivity contribution in [1.82, 2.24) is 10.0 Å². The molecule has 2 heterocycles. The second-order valence-electron chi connectivity index (χ2n) is 3.87. The molecule has 0 radical (unpaired) electrons. The van der Waals surface area contributed by atoms with E-state index in [1.807, 2.05) is 30.5 Å². The van der Waals surface area contributed by atoms with Gasteiger partial charge in [-0.15, -0.1) is 0 Å². The molecule has 1 fully saturated rings. The van der Waals surface area contributed by atoms with Crippen LogP contribution in [0, 0.1) is 0 Å². The van der Waals surface area contributed by atoms with Crippen molar-refractivity contribution in [3.8, 4) is 0 Å². The minimum Gasteiger partial charge on any atom is -0.361 e. The molecular weight excluding hydrogens is 204 g/mol. The third-order valence-electron chi connectivity index (χ3n) is 2.78. The first-order valence-corrected chi connectivity index (χ1v) is 5.36. The fourth-order valence-electron chi connectivity index (χ4n) is 1.93. The van der Waals surface area contributed by atoms with Crippen LogP contribution in [0.2, 0.25) is 0 Å². The topological polar surface area (TPSA) is 45.3 Å². The largest absolute Gasteiger partial charge is 0.361 e. The van der Waals surface area contributed by atoms with Gasteiger partial charge in [0.15, 0.2) is 0 Å². The van der Waals surface area contributed by atoms with E-state index < -0.39 is 0 Å². The van der Waals surface area contributed by atoms with Crippen molar-refractivity contribution >= 4 is 16.8 Å². The zero-order chi connectivity index (χ0) is 11.0. The monoisotopic (exact) mass is 216 g/mol. The van der Waals surface area contributed by atoms with Crippen molar-refractivity contribution in [2.24, 2.45) is 0 Å². The Balaban J connectivity index is 1.95. The molecule has 3 rings (SSSR count). The summed E-state index contributed by atoms with van der Waals surface area (Å²) in [6.07, 6.45) is 2.78. The van der Waals surface area contributed by atoms with Gasteiger partial charge in [0.1, 0.15) is 0 Å². The number of amides is 1. The fraction of sp³-hybridized carbons (Fsp3) is 0.250. The Morgan fingerprint density at radius 1 is 1.38 bits per heavy atom. The lowest BCUT2D eigenvalue weighted by Crippen LogP contribution is -2.26. The number of nitrogens with zero attached hydrogens (tertiary/aromatic N) is 1. The van der Waals surface area contributed by atoms with Gasteiger partial charge in [-0.25, -0.2) is 5.06 Å². The number of hydrogen-bond donors (Lipinski definition) is 1. The van der Waals surface area contributed by atoms with Crippen molar-refractivity contribution < 1.29 is 9.63 Å². The van der Waals surface area contributed by atoms with Crippen LogP contribution in [0.3, 0.4) is 0 Å². The number of hydroxylamine groups is 2. The van der Waals surface area contributed by atoms with Crippen LogP contribution in [0.25, 0.3) is 10.9 Å². The van der Waals surface area contributed by atoms with Crippen LogP contribution < -0.4 is 0 Å². The lowest BCUT2D eigenvalue weighted by atomic mass is 10.1. The molecule has 0 saturated carbocycles. The molecule has 16 heavy (non-hydrogen) atoms. The van der Waals surface area contributed by atoms with Gasteiger partial charge in [0.05, 0.1) is 13.2 Å². The molecule has 2 aromatic rings. The summed E-state index contributed by atoms with van der Waals surface area (Å²) in [7, 11) is 0. The van der Waals surface area contributed by atoms with Crippen molar-refractivity contribution in [2.75, 3.05) is 13.2 Å². The molecule has 4 heteroatoms. The number of rotatable bonds is 1. The molecule has 0 aliphatic carbocycles. The van der Waals surface area contributed by atoms with Gasteiger partial charge in [0.25, 0.3) is 5.91 Å². The second kappa shape index (κ2) is 3.64. The van der Waals surface area contributed by atoms with Crippen LogP contribution in [-0.4, -0.2) is 29.1 Å². The highest BCUT2D eigenvalue weighted by Crippen LogP contribution is 2.17. The number of fused-ring (bicyclic) bond motifs is 1. The Morgan fingerprint density at radius 3 is 3.12 bits per heavy atom. The average Bonchev–Trinajstić information content (AvgIpc) is 2.98. The third kappa shape index (κ3) is 1.47. The fourth-order valence-corrected chi connectivity index (χ4v) is 1.93. The first-order valence-electron chi connectivity index (χ1n) is 5.36. The minimum absolute atomic E-state index is 0.0611. The predicted octanol–water partition coefficient (Wildman–Crippen LogP) is 1.95. The number of aromatic amines is 1. The van der Waals surface area contributed by atoms with E-state index in [1.54, 1.807) is 0 Å². The van der Waals surface area contributed by atoms with E-state index in [0.29, 0.717) is 18.7 Å². The maximum atomic E-state index is 12.0. The number of carbonyl (C=O) groups is 1. The molecule has 82 valence electrons. The van der Waals surface area contributed by atoms with Crippen molar-refractivity contribution in [3.63, 3.8) is 0 Å². The van der Waals surface area contributed by atoms with Gasteiger partial charge in [0, 0.05) is 17.3 Å². The quantitative estimate of drug-likeness (QED) is 0.791. The number of benzene rings is 1. The molecule has 1 aliphatic rings. The molecular formula is C12H12N2O2. The van der Waals surface area contributed by atoms with Crippen molar-refractivity contribution in [3.05, 3.63) is 36.0 Å². The van der Waals surface area contributed by atoms with Gasteiger partial charge in [-0.1, -0.05) is 6.07 Å². The molecule has 1 aliphatic heterocycles. The van der Waals surface area contributed by atoms with E-state index in [2.05, 4.69) is 4.98 Å². The molecule has 0 atom stereocenters. The summed E-state index contributed by atoms with van der Waals surface area (Å²) in [5.74, 6) is -0.0611. The molecule has 1 saturated heterocycles. The van der Waals surface area contributed by atoms with Crippen LogP contribution in [0.4, 0.5) is 0 Å². The molecule has 1 N–H and O–H groups in total. The lowest BCUT2D eigenvalue weighted by Gasteiger charge is -2.13. The number of hydrogen-bond acceptors (Lipinski definition) is 2. The Morgan fingerprint density at radius 2 is 2.31 bits per heavy atom. The van der Waals surface area contributed by atoms with E-state index in [4.69, 9.17) is 4.84 Å². The smallest absolute Gasteiger partial charge is 0.277 e. The third-order valence-corrected chi connectivity index (χ3v) is 2.78. The number of H-pyrrole nitrogens is 1. The average molecular weight is 216 g/mol. The zero-order valence-corrected chi connectivity index (χ0v) is 8.77. The van der Waals surface area contributed by atoms with E-state index >= 15 is 0 Å². The maximum absolute atomic E-state index is 12.0. The molecule has 1 aromatic heterocycles. The highest BCUT2D eigenvalue weighted by atomic mass is 16.7. The Kier molecular flexibility index (Phi) is 2.15. The van der Waals surface area contributed by atoms with Crippen LogP contribution in [0.5, 0.6) is 0 Å². The van der Waals surface area contributed by atoms with Gasteiger partial charge in [0.2, 0.25) is 0 Å². The molecule has 0 unspecified atom stereocenters. The van der Waals surface area contributed by atoms with E-state index in [0.717, 1.165) is 17.3 Å². The zero-order valence-electron chi connectivity index (χ0n) is 8.77. The van der Waals surface area contributed by atoms with Crippen LogP contribution in [0.15, 0.2) is 30.5 Å². The lowest BCUT2D eigenvalue weighted by molar-refractivity contribution is -0.0768. The molecule has 1 aromatic carbocycles. The summed E-state index contributed by atoms with van der Waals surface area (Å²) in [6.45, 7) is 1.32. The number of aromatic nitrogens is 1. The van der Waals surface area contributed by atoms with Crippen LogP contribution in [0.1, 0.15) is 16.8 Å². The Bertz CT molecular complexity index is 527. The molecule has 1 amide bonds. The first-order chi connectivity index (χ1) is 7.84. The van der Waals surface area contributed by atoms with E-state index in [-0.39, 0.29) is 5.91 Å². The predicted molar refractivity (Wildman–Crippen MR) is 59.9 cm³/mol. The molecule has 0 spiro atoms. The Labute approximate surface area is 92.8 Å². The minimum atomic E-state index is -0.0611. The van der Waals surface area contributed by atoms with Crippen LogP contribution in [-0.2, 0) is 4.84 Å². The summed E-state index contributed by atoms with van der Waals surface area (Å²) < 4.78 is 0. The highest BCUT2D eigenvalue weighted by Gasteiger charge is 2.20. The summed E-state index contributed by atoms with van der Waals surface area (Å²) in [6, 6.07) is 7.62. The van der Waals surface area contributed by atoms with E-state index in [9.17, 15) is 4.79 Å². The van der Waals surface area contributed by atoms with Crippen LogP contribution >= 0.6 is 0 Å². The first kappa shape index (κ1) is 9.42. The maximum Gasteiger partial charge on any atom is 0.277 e. The highest BCUT2D eigenvalue weighted by molar-refractivity contribution is 5.97. The van der Waals surface area contributed by atoms with Gasteiger partial charge in [-0.05, 0) is 30.0 Å². The van der Waals surface area contributed by atoms with Gasteiger partial charge in [-0.3, -0.25) is 9.63 Å². The number of carbonyl (C=O) groups excluding carboxylic acids is 1. The second-order valence-corrected chi connectivity index (χ2v) is 3.87. The van der Waals surface area contributed by atoms with Crippen molar-refractivity contribution in [2.45, 2.75) is 6.42 Å². The van der Waals surface area contributed by atoms with Gasteiger partial charge in [-0.2, -0.15) is 0 Å². The SMILES string of the molecule is O=C(c1ccc2cc[nH]c2c1)N1CCCO1. The number of nitrogens with one attached hydrogen (secondary N) is 1. The standard InChI is InChI=1S/C12H12N2O2/c15-12(14-6-1-7-16-14)10-3-2-9-4-5-13-11(9)8-10/h2-5,8,13H,1,6-7H2. The Hall–Kier alpha value is -1.81. The summed E-state index contributed by atoms with van der Waals surface area (Å²) >= 11 is 0. The molecule has 4 nitrogen and oxygen atoms in total. The van der Waals surface area contributed by atoms with Gasteiger partial charge < -0.3 is 4.98 Å². The summed E-state index contributed by atoms with van der Waals surface area (Å²) in [4.78, 5) is 20.3. The van der Waals surface area contributed by atoms with E-state index in [1.165, 1.54) is 5.06 Å². The van der Waals surface area contributed by atoms with Gasteiger partial charge >= 0.3 is 0 Å². The normalized spacial score (nSPS) is 15.9. The molecule has 0 bridgehead atoms. The summed E-state index contributed by atoms with van der Waals surface area (Å²) in [5, 5.41) is 2.54. The van der Waals surface area contributed by atoms with Crippen molar-refractivity contribution in [1.29, 1.82) is 0 Å².